The number of rotatable bonds is 6. The highest BCUT2D eigenvalue weighted by molar-refractivity contribution is 7.07. The molecule has 3 N–H and O–H groups in total. The zero-order chi connectivity index (χ0) is 12.3. The summed E-state index contributed by atoms with van der Waals surface area (Å²) in [5.41, 5.74) is 3.56. The van der Waals surface area contributed by atoms with Crippen LogP contribution in [0.1, 0.15) is 31.7 Å². The number of hydrazine groups is 1. The van der Waals surface area contributed by atoms with Gasteiger partial charge in [0.05, 0.1) is 6.04 Å². The van der Waals surface area contributed by atoms with Crippen molar-refractivity contribution in [3.05, 3.63) is 22.4 Å². The van der Waals surface area contributed by atoms with E-state index in [0.29, 0.717) is 6.04 Å². The molecule has 1 unspecified atom stereocenters. The summed E-state index contributed by atoms with van der Waals surface area (Å²) in [4.78, 5) is 14.1. The Kier molecular flexibility index (Phi) is 4.15. The van der Waals surface area contributed by atoms with E-state index in [0.717, 1.165) is 13.0 Å². The van der Waals surface area contributed by atoms with Gasteiger partial charge in [0.2, 0.25) is 0 Å². The van der Waals surface area contributed by atoms with Gasteiger partial charge >= 0.3 is 0 Å². The highest BCUT2D eigenvalue weighted by Crippen LogP contribution is 2.31. The Morgan fingerprint density at radius 3 is 2.94 bits per heavy atom. The third-order valence-electron chi connectivity index (χ3n) is 3.19. The van der Waals surface area contributed by atoms with Gasteiger partial charge in [0.25, 0.3) is 5.91 Å². The summed E-state index contributed by atoms with van der Waals surface area (Å²) < 4.78 is 0. The second-order valence-corrected chi connectivity index (χ2v) is 5.25. The smallest absolute Gasteiger partial charge is 0.251 e. The Bertz CT molecular complexity index is 362. The van der Waals surface area contributed by atoms with Crippen LogP contribution in [-0.2, 0) is 11.3 Å². The SMILES string of the molecule is CCC(C(=O)NN)N(Cc1ccsc1)C1CC1. The molecular formula is C12H19N3OS. The van der Waals surface area contributed by atoms with Crippen LogP contribution in [-0.4, -0.2) is 22.9 Å². The molecule has 0 aromatic carbocycles. The monoisotopic (exact) mass is 253 g/mol. The van der Waals surface area contributed by atoms with Crippen molar-refractivity contribution in [1.29, 1.82) is 0 Å². The molecule has 0 aliphatic heterocycles. The number of nitrogens with two attached hydrogens (primary N) is 1. The second kappa shape index (κ2) is 5.62. The Morgan fingerprint density at radius 1 is 1.71 bits per heavy atom. The topological polar surface area (TPSA) is 58.4 Å². The van der Waals surface area contributed by atoms with Crippen LogP contribution in [0.2, 0.25) is 0 Å². The summed E-state index contributed by atoms with van der Waals surface area (Å²) >= 11 is 1.70. The summed E-state index contributed by atoms with van der Waals surface area (Å²) in [7, 11) is 0. The summed E-state index contributed by atoms with van der Waals surface area (Å²) in [6, 6.07) is 2.57. The van der Waals surface area contributed by atoms with Crippen molar-refractivity contribution < 1.29 is 4.79 Å². The molecule has 1 atom stereocenters. The Balaban J connectivity index is 2.07. The van der Waals surface area contributed by atoms with Gasteiger partial charge in [0.1, 0.15) is 0 Å². The number of hydrogen-bond acceptors (Lipinski definition) is 4. The number of amides is 1. The second-order valence-electron chi connectivity index (χ2n) is 4.47. The van der Waals surface area contributed by atoms with E-state index in [-0.39, 0.29) is 11.9 Å². The summed E-state index contributed by atoms with van der Waals surface area (Å²) in [6.07, 6.45) is 3.18. The van der Waals surface area contributed by atoms with E-state index in [1.54, 1.807) is 11.3 Å². The third kappa shape index (κ3) is 3.06. The molecule has 17 heavy (non-hydrogen) atoms. The fourth-order valence-corrected chi connectivity index (χ4v) is 2.82. The lowest BCUT2D eigenvalue weighted by Crippen LogP contribution is -2.49. The van der Waals surface area contributed by atoms with Gasteiger partial charge in [-0.1, -0.05) is 6.92 Å². The zero-order valence-corrected chi connectivity index (χ0v) is 10.9. The Morgan fingerprint density at radius 2 is 2.47 bits per heavy atom. The molecule has 0 radical (unpaired) electrons. The van der Waals surface area contributed by atoms with Crippen LogP contribution in [0.5, 0.6) is 0 Å². The first-order valence-electron chi connectivity index (χ1n) is 6.03. The number of thiophene rings is 1. The van der Waals surface area contributed by atoms with Crippen molar-refractivity contribution in [1.82, 2.24) is 10.3 Å². The van der Waals surface area contributed by atoms with E-state index < -0.39 is 0 Å². The van der Waals surface area contributed by atoms with Gasteiger partial charge in [-0.25, -0.2) is 5.84 Å². The molecule has 1 aliphatic rings. The van der Waals surface area contributed by atoms with Gasteiger partial charge in [-0.05, 0) is 41.7 Å². The Hall–Kier alpha value is -0.910. The molecular weight excluding hydrogens is 234 g/mol. The molecule has 2 rings (SSSR count). The number of nitrogens with one attached hydrogen (secondary N) is 1. The molecule has 1 fully saturated rings. The van der Waals surface area contributed by atoms with Gasteiger partial charge in [-0.2, -0.15) is 11.3 Å². The maximum Gasteiger partial charge on any atom is 0.251 e. The lowest BCUT2D eigenvalue weighted by Gasteiger charge is -2.29. The zero-order valence-electron chi connectivity index (χ0n) is 10.1. The molecule has 0 bridgehead atoms. The fourth-order valence-electron chi connectivity index (χ4n) is 2.16. The van der Waals surface area contributed by atoms with Crippen molar-refractivity contribution >= 4 is 17.2 Å². The molecule has 1 saturated carbocycles. The highest BCUT2D eigenvalue weighted by atomic mass is 32.1. The van der Waals surface area contributed by atoms with E-state index >= 15 is 0 Å². The average Bonchev–Trinajstić information content (AvgIpc) is 3.06. The Labute approximate surface area is 106 Å². The van der Waals surface area contributed by atoms with E-state index in [9.17, 15) is 4.79 Å². The maximum absolute atomic E-state index is 11.8. The van der Waals surface area contributed by atoms with Gasteiger partial charge in [-0.15, -0.1) is 0 Å². The van der Waals surface area contributed by atoms with Gasteiger partial charge < -0.3 is 0 Å². The normalized spacial score (nSPS) is 17.1. The molecule has 4 nitrogen and oxygen atoms in total. The van der Waals surface area contributed by atoms with Gasteiger partial charge in [0.15, 0.2) is 0 Å². The van der Waals surface area contributed by atoms with E-state index in [1.165, 1.54) is 18.4 Å². The largest absolute Gasteiger partial charge is 0.293 e. The minimum atomic E-state index is -0.104. The number of carbonyl (C=O) groups excluding carboxylic acids is 1. The molecule has 1 amide bonds. The van der Waals surface area contributed by atoms with Crippen molar-refractivity contribution in [2.75, 3.05) is 0 Å². The first-order chi connectivity index (χ1) is 8.26. The molecule has 1 aromatic rings. The maximum atomic E-state index is 11.8. The molecule has 0 saturated heterocycles. The molecule has 0 spiro atoms. The van der Waals surface area contributed by atoms with Crippen LogP contribution < -0.4 is 11.3 Å². The first kappa shape index (κ1) is 12.5. The third-order valence-corrected chi connectivity index (χ3v) is 3.93. The lowest BCUT2D eigenvalue weighted by atomic mass is 10.1. The number of nitrogens with zero attached hydrogens (tertiary/aromatic N) is 1. The van der Waals surface area contributed by atoms with Crippen molar-refractivity contribution in [2.45, 2.75) is 44.8 Å². The molecule has 94 valence electrons. The minimum absolute atomic E-state index is 0.0744. The fraction of sp³-hybridized carbons (Fsp3) is 0.583. The van der Waals surface area contributed by atoms with Crippen LogP contribution in [0, 0.1) is 0 Å². The van der Waals surface area contributed by atoms with Crippen molar-refractivity contribution in [3.8, 4) is 0 Å². The van der Waals surface area contributed by atoms with Gasteiger partial charge in [0, 0.05) is 12.6 Å². The first-order valence-corrected chi connectivity index (χ1v) is 6.97. The highest BCUT2D eigenvalue weighted by Gasteiger charge is 2.36. The average molecular weight is 253 g/mol. The predicted molar refractivity (Wildman–Crippen MR) is 69.3 cm³/mol. The van der Waals surface area contributed by atoms with Gasteiger partial charge in [-0.3, -0.25) is 15.1 Å². The van der Waals surface area contributed by atoms with E-state index in [1.807, 2.05) is 6.92 Å². The van der Waals surface area contributed by atoms with Crippen molar-refractivity contribution in [2.24, 2.45) is 5.84 Å². The van der Waals surface area contributed by atoms with Crippen LogP contribution in [0.4, 0.5) is 0 Å². The van der Waals surface area contributed by atoms with Crippen LogP contribution >= 0.6 is 11.3 Å². The molecule has 1 aromatic heterocycles. The van der Waals surface area contributed by atoms with E-state index in [2.05, 4.69) is 27.2 Å². The quantitative estimate of drug-likeness (QED) is 0.459. The number of hydrogen-bond donors (Lipinski definition) is 2. The van der Waals surface area contributed by atoms with Crippen molar-refractivity contribution in [3.63, 3.8) is 0 Å². The summed E-state index contributed by atoms with van der Waals surface area (Å²) in [5, 5.41) is 4.22. The predicted octanol–water partition coefficient (Wildman–Crippen LogP) is 1.48. The van der Waals surface area contributed by atoms with Crippen LogP contribution in [0.3, 0.4) is 0 Å². The molecule has 5 heteroatoms. The summed E-state index contributed by atoms with van der Waals surface area (Å²) in [6.45, 7) is 2.88. The van der Waals surface area contributed by atoms with E-state index in [4.69, 9.17) is 5.84 Å². The minimum Gasteiger partial charge on any atom is -0.293 e. The molecule has 1 heterocycles. The standard InChI is InChI=1S/C12H19N3OS/c1-2-11(12(16)14-13)15(10-3-4-10)7-9-5-6-17-8-9/h5-6,8,10-11H,2-4,7,13H2,1H3,(H,14,16). The van der Waals surface area contributed by atoms with Crippen LogP contribution in [0.25, 0.3) is 0 Å². The number of carbonyl (C=O) groups is 1. The lowest BCUT2D eigenvalue weighted by molar-refractivity contribution is -0.127. The summed E-state index contributed by atoms with van der Waals surface area (Å²) in [5.74, 6) is 5.18. The molecule has 1 aliphatic carbocycles. The van der Waals surface area contributed by atoms with Crippen LogP contribution in [0.15, 0.2) is 16.8 Å².